The first-order chi connectivity index (χ1) is 13.3. The third kappa shape index (κ3) is 9.88. The molecule has 0 aliphatic heterocycles. The van der Waals surface area contributed by atoms with Crippen LogP contribution in [0.5, 0.6) is 0 Å². The molecule has 11 heteroatoms. The van der Waals surface area contributed by atoms with Crippen LogP contribution in [0.1, 0.15) is 47.5 Å². The number of carboxylic acid groups (broad SMARTS) is 2. The van der Waals surface area contributed by atoms with Gasteiger partial charge in [-0.3, -0.25) is 19.2 Å². The fourth-order valence-electron chi connectivity index (χ4n) is 2.45. The van der Waals surface area contributed by atoms with Gasteiger partial charge in [-0.2, -0.15) is 0 Å². The summed E-state index contributed by atoms with van der Waals surface area (Å²) in [6.07, 6.45) is -0.359. The Morgan fingerprint density at radius 3 is 1.79 bits per heavy atom. The van der Waals surface area contributed by atoms with Gasteiger partial charge in [0.2, 0.25) is 17.7 Å². The van der Waals surface area contributed by atoms with E-state index in [1.807, 2.05) is 13.8 Å². The highest BCUT2D eigenvalue weighted by molar-refractivity contribution is 5.95. The van der Waals surface area contributed by atoms with Gasteiger partial charge >= 0.3 is 11.9 Å². The molecule has 0 rings (SSSR count). The predicted octanol–water partition coefficient (Wildman–Crippen LogP) is -0.951. The summed E-state index contributed by atoms with van der Waals surface area (Å²) in [6.45, 7) is 8.26. The van der Waals surface area contributed by atoms with Gasteiger partial charge in [-0.25, -0.2) is 4.79 Å². The summed E-state index contributed by atoms with van der Waals surface area (Å²) in [6, 6.07) is -4.65. The van der Waals surface area contributed by atoms with Crippen molar-refractivity contribution in [2.75, 3.05) is 0 Å². The summed E-state index contributed by atoms with van der Waals surface area (Å²) in [5, 5.41) is 25.0. The summed E-state index contributed by atoms with van der Waals surface area (Å²) in [5.74, 6) is -5.14. The monoisotopic (exact) mass is 416 g/mol. The number of nitrogens with two attached hydrogens (primary N) is 1. The second-order valence-electron chi connectivity index (χ2n) is 7.69. The maximum absolute atomic E-state index is 12.4. The number of carboxylic acids is 2. The Hall–Kier alpha value is -2.69. The lowest BCUT2D eigenvalue weighted by Crippen LogP contribution is -2.57. The van der Waals surface area contributed by atoms with Crippen molar-refractivity contribution in [2.24, 2.45) is 17.6 Å². The largest absolute Gasteiger partial charge is 0.481 e. The van der Waals surface area contributed by atoms with Crippen molar-refractivity contribution in [1.82, 2.24) is 16.0 Å². The first-order valence-electron chi connectivity index (χ1n) is 9.37. The molecule has 0 aliphatic rings. The average Bonchev–Trinajstić information content (AvgIpc) is 2.56. The molecule has 0 aromatic carbocycles. The lowest BCUT2D eigenvalue weighted by Gasteiger charge is -2.24. The minimum atomic E-state index is -1.44. The Morgan fingerprint density at radius 2 is 1.38 bits per heavy atom. The molecule has 4 atom stereocenters. The van der Waals surface area contributed by atoms with E-state index in [9.17, 15) is 24.0 Å². The van der Waals surface area contributed by atoms with E-state index in [0.29, 0.717) is 6.42 Å². The number of carbonyl (C=O) groups excluding carboxylic acids is 3. The predicted molar refractivity (Wildman–Crippen MR) is 104 cm³/mol. The third-order valence-corrected chi connectivity index (χ3v) is 4.06. The molecule has 11 nitrogen and oxygen atoms in total. The Balaban J connectivity index is 5.08. The van der Waals surface area contributed by atoms with E-state index < -0.39 is 60.2 Å². The number of aliphatic carboxylic acids is 2. The number of rotatable bonds is 12. The van der Waals surface area contributed by atoms with Crippen LogP contribution in [0.25, 0.3) is 0 Å². The minimum Gasteiger partial charge on any atom is -0.481 e. The summed E-state index contributed by atoms with van der Waals surface area (Å²) in [7, 11) is 0. The first kappa shape index (κ1) is 26.3. The molecule has 0 radical (unpaired) electrons. The van der Waals surface area contributed by atoms with Crippen molar-refractivity contribution in [2.45, 2.75) is 71.6 Å². The lowest BCUT2D eigenvalue weighted by molar-refractivity contribution is -0.144. The summed E-state index contributed by atoms with van der Waals surface area (Å²) in [4.78, 5) is 59.0. The van der Waals surface area contributed by atoms with Crippen LogP contribution in [-0.2, 0) is 24.0 Å². The van der Waals surface area contributed by atoms with Gasteiger partial charge < -0.3 is 31.9 Å². The van der Waals surface area contributed by atoms with Crippen molar-refractivity contribution < 1.29 is 34.2 Å². The van der Waals surface area contributed by atoms with Gasteiger partial charge in [-0.15, -0.1) is 0 Å². The molecule has 0 aromatic rings. The lowest BCUT2D eigenvalue weighted by atomic mass is 10.0. The van der Waals surface area contributed by atoms with E-state index >= 15 is 0 Å². The Morgan fingerprint density at radius 1 is 0.828 bits per heavy atom. The molecule has 0 heterocycles. The van der Waals surface area contributed by atoms with Crippen molar-refractivity contribution in [3.8, 4) is 0 Å². The van der Waals surface area contributed by atoms with Gasteiger partial charge in [0.15, 0.2) is 0 Å². The number of hydrogen-bond acceptors (Lipinski definition) is 6. The van der Waals surface area contributed by atoms with Crippen molar-refractivity contribution in [3.05, 3.63) is 0 Å². The van der Waals surface area contributed by atoms with Gasteiger partial charge in [0.05, 0.1) is 12.5 Å². The van der Waals surface area contributed by atoms with Crippen LogP contribution in [0.4, 0.5) is 0 Å². The van der Waals surface area contributed by atoms with E-state index in [0.717, 1.165) is 0 Å². The van der Waals surface area contributed by atoms with E-state index in [2.05, 4.69) is 16.0 Å². The van der Waals surface area contributed by atoms with Crippen LogP contribution in [0, 0.1) is 11.8 Å². The summed E-state index contributed by atoms with van der Waals surface area (Å²) >= 11 is 0. The molecule has 0 fully saturated rings. The molecular formula is C18H32N4O7. The molecule has 29 heavy (non-hydrogen) atoms. The smallest absolute Gasteiger partial charge is 0.326 e. The van der Waals surface area contributed by atoms with Gasteiger partial charge in [0.1, 0.15) is 18.1 Å². The van der Waals surface area contributed by atoms with E-state index in [1.165, 1.54) is 6.92 Å². The zero-order chi connectivity index (χ0) is 22.9. The molecule has 7 N–H and O–H groups in total. The van der Waals surface area contributed by atoms with Gasteiger partial charge in [-0.05, 0) is 25.2 Å². The summed E-state index contributed by atoms with van der Waals surface area (Å²) < 4.78 is 0. The molecule has 0 saturated carbocycles. The van der Waals surface area contributed by atoms with Crippen molar-refractivity contribution in [3.63, 3.8) is 0 Å². The topological polar surface area (TPSA) is 188 Å². The Kier molecular flexibility index (Phi) is 10.9. The zero-order valence-electron chi connectivity index (χ0n) is 17.4. The second kappa shape index (κ2) is 12.0. The highest BCUT2D eigenvalue weighted by Gasteiger charge is 2.30. The fourth-order valence-corrected chi connectivity index (χ4v) is 2.45. The quantitative estimate of drug-likeness (QED) is 0.235. The molecule has 4 unspecified atom stereocenters. The molecule has 166 valence electrons. The van der Waals surface area contributed by atoms with E-state index in [4.69, 9.17) is 15.9 Å². The van der Waals surface area contributed by atoms with Crippen LogP contribution < -0.4 is 21.7 Å². The first-order valence-corrected chi connectivity index (χ1v) is 9.37. The molecule has 0 aromatic heterocycles. The van der Waals surface area contributed by atoms with Crippen molar-refractivity contribution in [1.29, 1.82) is 0 Å². The van der Waals surface area contributed by atoms with Crippen LogP contribution >= 0.6 is 0 Å². The molecule has 0 saturated heterocycles. The van der Waals surface area contributed by atoms with E-state index in [1.54, 1.807) is 13.8 Å². The molecule has 0 aliphatic carbocycles. The standard InChI is InChI=1S/C18H32N4O7/c1-8(2)6-11(19)16(26)21-12(7-13(23)24)17(27)20-10(5)15(25)22-14(9(3)4)18(28)29/h8-12,14H,6-7,19H2,1-5H3,(H,20,27)(H,21,26)(H,22,25)(H,23,24)(H,28,29). The summed E-state index contributed by atoms with van der Waals surface area (Å²) in [5.41, 5.74) is 5.75. The fraction of sp³-hybridized carbons (Fsp3) is 0.722. The molecule has 0 spiro atoms. The van der Waals surface area contributed by atoms with Crippen LogP contribution in [-0.4, -0.2) is 64.0 Å². The molecular weight excluding hydrogens is 384 g/mol. The highest BCUT2D eigenvalue weighted by Crippen LogP contribution is 2.05. The SMILES string of the molecule is CC(C)CC(N)C(=O)NC(CC(=O)O)C(=O)NC(C)C(=O)NC(C(=O)O)C(C)C. The third-order valence-electron chi connectivity index (χ3n) is 4.06. The van der Waals surface area contributed by atoms with Crippen molar-refractivity contribution >= 4 is 29.7 Å². The average molecular weight is 416 g/mol. The second-order valence-corrected chi connectivity index (χ2v) is 7.69. The number of carbonyl (C=O) groups is 5. The minimum absolute atomic E-state index is 0.120. The highest BCUT2D eigenvalue weighted by atomic mass is 16.4. The van der Waals surface area contributed by atoms with Gasteiger partial charge in [-0.1, -0.05) is 27.7 Å². The zero-order valence-corrected chi connectivity index (χ0v) is 17.4. The molecule has 0 bridgehead atoms. The Labute approximate surface area is 169 Å². The normalized spacial score (nSPS) is 15.2. The van der Waals surface area contributed by atoms with Gasteiger partial charge in [0.25, 0.3) is 0 Å². The Bertz CT molecular complexity index is 621. The van der Waals surface area contributed by atoms with Gasteiger partial charge in [0, 0.05) is 0 Å². The van der Waals surface area contributed by atoms with Crippen LogP contribution in [0.2, 0.25) is 0 Å². The van der Waals surface area contributed by atoms with E-state index in [-0.39, 0.29) is 11.8 Å². The number of nitrogens with one attached hydrogen (secondary N) is 3. The van der Waals surface area contributed by atoms with Crippen LogP contribution in [0.3, 0.4) is 0 Å². The maximum atomic E-state index is 12.4. The molecule has 3 amide bonds. The van der Waals surface area contributed by atoms with Crippen LogP contribution in [0.15, 0.2) is 0 Å². The number of amides is 3. The maximum Gasteiger partial charge on any atom is 0.326 e. The number of hydrogen-bond donors (Lipinski definition) is 6.